The molecule has 1 aromatic carbocycles. The number of rotatable bonds is 5. The van der Waals surface area contributed by atoms with Gasteiger partial charge in [-0.2, -0.15) is 0 Å². The lowest BCUT2D eigenvalue weighted by Crippen LogP contribution is -2.39. The third-order valence-corrected chi connectivity index (χ3v) is 3.78. The minimum absolute atomic E-state index is 0.462. The number of carboxylic acid groups (broad SMARTS) is 1. The van der Waals surface area contributed by atoms with Crippen molar-refractivity contribution >= 4 is 11.7 Å². The van der Waals surface area contributed by atoms with Crippen LogP contribution in [0.2, 0.25) is 0 Å². The zero-order valence-corrected chi connectivity index (χ0v) is 11.6. The summed E-state index contributed by atoms with van der Waals surface area (Å²) in [6.07, 6.45) is 2.90. The Morgan fingerprint density at radius 1 is 1.53 bits per heavy atom. The van der Waals surface area contributed by atoms with Crippen LogP contribution < -0.4 is 10.2 Å². The summed E-state index contributed by atoms with van der Waals surface area (Å²) in [5, 5.41) is 11.9. The van der Waals surface area contributed by atoms with Crippen molar-refractivity contribution in [3.63, 3.8) is 0 Å². The van der Waals surface area contributed by atoms with E-state index in [0.717, 1.165) is 25.9 Å². The van der Waals surface area contributed by atoms with Crippen LogP contribution in [0.5, 0.6) is 0 Å². The van der Waals surface area contributed by atoms with Gasteiger partial charge in [-0.15, -0.1) is 0 Å². The van der Waals surface area contributed by atoms with Gasteiger partial charge in [-0.1, -0.05) is 17.7 Å². The number of anilines is 1. The number of hydrogen-bond donors (Lipinski definition) is 2. The molecule has 1 atom stereocenters. The molecule has 0 radical (unpaired) electrons. The third kappa shape index (κ3) is 3.26. The quantitative estimate of drug-likeness (QED) is 0.850. The summed E-state index contributed by atoms with van der Waals surface area (Å²) in [5.74, 6) is -0.774. The van der Waals surface area contributed by atoms with Crippen LogP contribution in [0, 0.1) is 6.92 Å². The van der Waals surface area contributed by atoms with Crippen molar-refractivity contribution in [2.45, 2.75) is 32.2 Å². The molecule has 0 fully saturated rings. The fraction of sp³-hybridized carbons (Fsp3) is 0.533. The number of likely N-dealkylation sites (N-methyl/N-ethyl adjacent to an activating group) is 1. The maximum Gasteiger partial charge on any atom is 0.320 e. The highest BCUT2D eigenvalue weighted by molar-refractivity contribution is 5.73. The molecular formula is C15H22N2O2. The van der Waals surface area contributed by atoms with Crippen molar-refractivity contribution in [1.29, 1.82) is 0 Å². The molecule has 0 saturated heterocycles. The molecule has 104 valence electrons. The average molecular weight is 262 g/mol. The minimum Gasteiger partial charge on any atom is -0.480 e. The van der Waals surface area contributed by atoms with Crippen LogP contribution in [0.1, 0.15) is 24.0 Å². The highest BCUT2D eigenvalue weighted by Gasteiger charge is 2.20. The first-order chi connectivity index (χ1) is 9.11. The molecule has 1 aromatic rings. The van der Waals surface area contributed by atoms with Crippen molar-refractivity contribution in [1.82, 2.24) is 5.32 Å². The Bertz CT molecular complexity index is 459. The lowest BCUT2D eigenvalue weighted by molar-refractivity contribution is -0.139. The summed E-state index contributed by atoms with van der Waals surface area (Å²) in [4.78, 5) is 13.3. The predicted octanol–water partition coefficient (Wildman–Crippen LogP) is 1.81. The van der Waals surface area contributed by atoms with E-state index in [0.29, 0.717) is 6.42 Å². The molecule has 1 aliphatic heterocycles. The number of aliphatic carboxylic acids is 1. The summed E-state index contributed by atoms with van der Waals surface area (Å²) in [7, 11) is 1.70. The molecular weight excluding hydrogens is 240 g/mol. The fourth-order valence-corrected chi connectivity index (χ4v) is 2.71. The molecule has 2 N–H and O–H groups in total. The van der Waals surface area contributed by atoms with Gasteiger partial charge in [0.15, 0.2) is 0 Å². The first-order valence-corrected chi connectivity index (χ1v) is 6.86. The molecule has 0 bridgehead atoms. The second-order valence-electron chi connectivity index (χ2n) is 5.19. The van der Waals surface area contributed by atoms with E-state index >= 15 is 0 Å². The number of fused-ring (bicyclic) bond motifs is 1. The molecule has 0 spiro atoms. The summed E-state index contributed by atoms with van der Waals surface area (Å²) >= 11 is 0. The van der Waals surface area contributed by atoms with E-state index in [1.807, 2.05) is 0 Å². The summed E-state index contributed by atoms with van der Waals surface area (Å²) in [5.41, 5.74) is 3.96. The lowest BCUT2D eigenvalue weighted by atomic mass is 9.99. The van der Waals surface area contributed by atoms with Gasteiger partial charge in [-0.3, -0.25) is 4.79 Å². The van der Waals surface area contributed by atoms with Crippen molar-refractivity contribution in [3.8, 4) is 0 Å². The maximum absolute atomic E-state index is 11.0. The van der Waals surface area contributed by atoms with Crippen LogP contribution in [0.4, 0.5) is 5.69 Å². The van der Waals surface area contributed by atoms with Crippen LogP contribution >= 0.6 is 0 Å². The highest BCUT2D eigenvalue weighted by atomic mass is 16.4. The SMILES string of the molecule is CNC(CCN1CCCc2cc(C)ccc21)C(=O)O. The van der Waals surface area contributed by atoms with Crippen LogP contribution in [0.25, 0.3) is 0 Å². The molecule has 1 aliphatic rings. The fourth-order valence-electron chi connectivity index (χ4n) is 2.71. The average Bonchev–Trinajstić information content (AvgIpc) is 2.38. The zero-order valence-electron chi connectivity index (χ0n) is 11.6. The maximum atomic E-state index is 11.0. The molecule has 1 unspecified atom stereocenters. The largest absolute Gasteiger partial charge is 0.480 e. The van der Waals surface area contributed by atoms with Crippen molar-refractivity contribution < 1.29 is 9.90 Å². The molecule has 1 heterocycles. The Hall–Kier alpha value is -1.55. The van der Waals surface area contributed by atoms with E-state index in [-0.39, 0.29) is 0 Å². The Morgan fingerprint density at radius 2 is 2.32 bits per heavy atom. The molecule has 0 aliphatic carbocycles. The second kappa shape index (κ2) is 6.06. The molecule has 19 heavy (non-hydrogen) atoms. The molecule has 2 rings (SSSR count). The van der Waals surface area contributed by atoms with Gasteiger partial charge >= 0.3 is 5.97 Å². The molecule has 0 saturated carbocycles. The van der Waals surface area contributed by atoms with Crippen molar-refractivity contribution in [3.05, 3.63) is 29.3 Å². The molecule has 0 aromatic heterocycles. The van der Waals surface area contributed by atoms with E-state index in [1.165, 1.54) is 16.8 Å². The Morgan fingerprint density at radius 3 is 3.00 bits per heavy atom. The smallest absolute Gasteiger partial charge is 0.320 e. The Balaban J connectivity index is 2.05. The monoisotopic (exact) mass is 262 g/mol. The van der Waals surface area contributed by atoms with E-state index in [1.54, 1.807) is 7.05 Å². The lowest BCUT2D eigenvalue weighted by Gasteiger charge is -2.32. The predicted molar refractivity (Wildman–Crippen MR) is 76.8 cm³/mol. The topological polar surface area (TPSA) is 52.6 Å². The van der Waals surface area contributed by atoms with Crippen LogP contribution in [-0.4, -0.2) is 37.3 Å². The zero-order chi connectivity index (χ0) is 13.8. The third-order valence-electron chi connectivity index (χ3n) is 3.78. The van der Waals surface area contributed by atoms with Gasteiger partial charge in [0.05, 0.1) is 0 Å². The Labute approximate surface area is 114 Å². The van der Waals surface area contributed by atoms with Crippen LogP contribution in [-0.2, 0) is 11.2 Å². The number of nitrogens with zero attached hydrogens (tertiary/aromatic N) is 1. The Kier molecular flexibility index (Phi) is 4.43. The van der Waals surface area contributed by atoms with Gasteiger partial charge in [0.25, 0.3) is 0 Å². The minimum atomic E-state index is -0.774. The van der Waals surface area contributed by atoms with Crippen molar-refractivity contribution in [2.75, 3.05) is 25.0 Å². The molecule has 0 amide bonds. The summed E-state index contributed by atoms with van der Waals surface area (Å²) < 4.78 is 0. The number of carboxylic acids is 1. The molecule has 4 nitrogen and oxygen atoms in total. The van der Waals surface area contributed by atoms with Gasteiger partial charge in [-0.25, -0.2) is 0 Å². The summed E-state index contributed by atoms with van der Waals surface area (Å²) in [6, 6.07) is 6.08. The van der Waals surface area contributed by atoms with Gasteiger partial charge in [0.1, 0.15) is 6.04 Å². The van der Waals surface area contributed by atoms with E-state index in [9.17, 15) is 4.79 Å². The second-order valence-corrected chi connectivity index (χ2v) is 5.19. The summed E-state index contributed by atoms with van der Waals surface area (Å²) in [6.45, 7) is 3.92. The van der Waals surface area contributed by atoms with Gasteiger partial charge in [0, 0.05) is 18.8 Å². The highest BCUT2D eigenvalue weighted by Crippen LogP contribution is 2.28. The van der Waals surface area contributed by atoms with E-state index in [4.69, 9.17) is 5.11 Å². The first-order valence-electron chi connectivity index (χ1n) is 6.86. The van der Waals surface area contributed by atoms with E-state index in [2.05, 4.69) is 35.3 Å². The van der Waals surface area contributed by atoms with Gasteiger partial charge in [0.2, 0.25) is 0 Å². The normalized spacial score (nSPS) is 16.0. The number of aryl methyl sites for hydroxylation is 2. The number of nitrogens with one attached hydrogen (secondary N) is 1. The first kappa shape index (κ1) is 13.9. The van der Waals surface area contributed by atoms with Gasteiger partial charge in [-0.05, 0) is 44.9 Å². The molecule has 4 heteroatoms. The number of benzene rings is 1. The number of carbonyl (C=O) groups is 1. The van der Waals surface area contributed by atoms with E-state index < -0.39 is 12.0 Å². The van der Waals surface area contributed by atoms with Crippen LogP contribution in [0.3, 0.4) is 0 Å². The van der Waals surface area contributed by atoms with Gasteiger partial charge < -0.3 is 15.3 Å². The van der Waals surface area contributed by atoms with Crippen molar-refractivity contribution in [2.24, 2.45) is 0 Å². The standard InChI is InChI=1S/C15H22N2O2/c1-11-5-6-14-12(10-11)4-3-8-17(14)9-7-13(16-2)15(18)19/h5-6,10,13,16H,3-4,7-9H2,1-2H3,(H,18,19). The van der Waals surface area contributed by atoms with Crippen LogP contribution in [0.15, 0.2) is 18.2 Å². The number of hydrogen-bond acceptors (Lipinski definition) is 3.